The van der Waals surface area contributed by atoms with E-state index < -0.39 is 9.84 Å². The standard InChI is InChI=1S/C19H35N3O3S.HI/c1-14-9-15(2)11-18(10-14)22-19(21-17-3-6-25-7-4-17)20-12-16-5-8-26(23,24)13-16;/h14-18H,3-13H2,1-2H3,(H2,20,21,22);1H. The van der Waals surface area contributed by atoms with Gasteiger partial charge in [0.2, 0.25) is 0 Å². The number of nitrogens with zero attached hydrogens (tertiary/aromatic N) is 1. The molecule has 3 aliphatic rings. The van der Waals surface area contributed by atoms with E-state index in [4.69, 9.17) is 9.73 Å². The first kappa shape index (κ1) is 23.2. The van der Waals surface area contributed by atoms with Gasteiger partial charge < -0.3 is 15.4 Å². The first-order valence-corrected chi connectivity index (χ1v) is 12.1. The Bertz CT molecular complexity index is 583. The third-order valence-electron chi connectivity index (χ3n) is 5.92. The number of guanidine groups is 1. The second-order valence-electron chi connectivity index (χ2n) is 8.75. The van der Waals surface area contributed by atoms with E-state index in [-0.39, 0.29) is 29.9 Å². The first-order chi connectivity index (χ1) is 12.4. The van der Waals surface area contributed by atoms with Gasteiger partial charge in [0.15, 0.2) is 15.8 Å². The van der Waals surface area contributed by atoms with Crippen molar-refractivity contribution >= 4 is 39.8 Å². The van der Waals surface area contributed by atoms with Crippen molar-refractivity contribution in [1.29, 1.82) is 0 Å². The summed E-state index contributed by atoms with van der Waals surface area (Å²) in [6, 6.07) is 0.841. The van der Waals surface area contributed by atoms with Gasteiger partial charge in [-0.15, -0.1) is 24.0 Å². The number of hydrogen-bond acceptors (Lipinski definition) is 4. The topological polar surface area (TPSA) is 79.8 Å². The van der Waals surface area contributed by atoms with Crippen LogP contribution in [0.4, 0.5) is 0 Å². The number of halogens is 1. The summed E-state index contributed by atoms with van der Waals surface area (Å²) in [5.74, 6) is 3.12. The summed E-state index contributed by atoms with van der Waals surface area (Å²) in [5.41, 5.74) is 0. The van der Waals surface area contributed by atoms with Gasteiger partial charge in [-0.1, -0.05) is 13.8 Å². The molecule has 158 valence electrons. The molecule has 3 atom stereocenters. The molecule has 0 aromatic carbocycles. The van der Waals surface area contributed by atoms with Gasteiger partial charge in [-0.2, -0.15) is 0 Å². The number of hydrogen-bond donors (Lipinski definition) is 2. The summed E-state index contributed by atoms with van der Waals surface area (Å²) in [4.78, 5) is 4.80. The smallest absolute Gasteiger partial charge is 0.191 e. The van der Waals surface area contributed by atoms with Gasteiger partial charge in [0.1, 0.15) is 0 Å². The molecule has 6 nitrogen and oxygen atoms in total. The Morgan fingerprint density at radius 1 is 1.00 bits per heavy atom. The zero-order chi connectivity index (χ0) is 18.6. The molecule has 2 aliphatic heterocycles. The Hall–Kier alpha value is -0.0900. The molecule has 8 heteroatoms. The minimum absolute atomic E-state index is 0. The Labute approximate surface area is 181 Å². The van der Waals surface area contributed by atoms with Crippen molar-refractivity contribution in [3.8, 4) is 0 Å². The molecule has 0 radical (unpaired) electrons. The van der Waals surface area contributed by atoms with Crippen LogP contribution in [0.15, 0.2) is 4.99 Å². The zero-order valence-electron chi connectivity index (χ0n) is 16.7. The Balaban J connectivity index is 0.00000261. The van der Waals surface area contributed by atoms with Crippen LogP contribution in [0.2, 0.25) is 0 Å². The van der Waals surface area contributed by atoms with Crippen LogP contribution in [0.5, 0.6) is 0 Å². The molecule has 2 N–H and O–H groups in total. The fourth-order valence-electron chi connectivity index (χ4n) is 4.66. The maximum atomic E-state index is 11.7. The minimum atomic E-state index is -2.84. The summed E-state index contributed by atoms with van der Waals surface area (Å²) in [6.45, 7) is 6.84. The summed E-state index contributed by atoms with van der Waals surface area (Å²) < 4.78 is 28.9. The lowest BCUT2D eigenvalue weighted by molar-refractivity contribution is 0.0821. The molecule has 0 aromatic heterocycles. The third-order valence-corrected chi connectivity index (χ3v) is 7.75. The molecule has 0 aromatic rings. The molecule has 3 fully saturated rings. The largest absolute Gasteiger partial charge is 0.381 e. The highest BCUT2D eigenvalue weighted by atomic mass is 127. The van der Waals surface area contributed by atoms with E-state index in [1.165, 1.54) is 19.3 Å². The van der Waals surface area contributed by atoms with Gasteiger partial charge in [0.25, 0.3) is 0 Å². The van der Waals surface area contributed by atoms with Crippen molar-refractivity contribution in [3.63, 3.8) is 0 Å². The molecular weight excluding hydrogens is 477 g/mol. The van der Waals surface area contributed by atoms with Crippen LogP contribution < -0.4 is 10.6 Å². The van der Waals surface area contributed by atoms with Crippen molar-refractivity contribution in [2.24, 2.45) is 22.7 Å². The summed E-state index contributed by atoms with van der Waals surface area (Å²) in [7, 11) is -2.84. The van der Waals surface area contributed by atoms with Gasteiger partial charge in [0.05, 0.1) is 11.5 Å². The molecule has 27 heavy (non-hydrogen) atoms. The number of sulfone groups is 1. The fraction of sp³-hybridized carbons (Fsp3) is 0.947. The number of ether oxygens (including phenoxy) is 1. The molecule has 3 rings (SSSR count). The zero-order valence-corrected chi connectivity index (χ0v) is 19.8. The predicted octanol–water partition coefficient (Wildman–Crippen LogP) is 2.58. The van der Waals surface area contributed by atoms with E-state index in [0.29, 0.717) is 30.1 Å². The van der Waals surface area contributed by atoms with Gasteiger partial charge >= 0.3 is 0 Å². The lowest BCUT2D eigenvalue weighted by Gasteiger charge is -2.34. The molecule has 2 saturated heterocycles. The summed E-state index contributed by atoms with van der Waals surface area (Å²) in [6.07, 6.45) is 6.39. The third kappa shape index (κ3) is 7.68. The van der Waals surface area contributed by atoms with E-state index in [0.717, 1.165) is 50.3 Å². The quantitative estimate of drug-likeness (QED) is 0.343. The highest BCUT2D eigenvalue weighted by Crippen LogP contribution is 2.28. The Morgan fingerprint density at radius 3 is 2.22 bits per heavy atom. The average molecular weight is 513 g/mol. The fourth-order valence-corrected chi connectivity index (χ4v) is 6.51. The summed E-state index contributed by atoms with van der Waals surface area (Å²) >= 11 is 0. The van der Waals surface area contributed by atoms with Crippen LogP contribution in [0.3, 0.4) is 0 Å². The molecule has 0 bridgehead atoms. The molecule has 3 unspecified atom stereocenters. The van der Waals surface area contributed by atoms with Crippen molar-refractivity contribution < 1.29 is 13.2 Å². The highest BCUT2D eigenvalue weighted by Gasteiger charge is 2.29. The summed E-state index contributed by atoms with van der Waals surface area (Å²) in [5, 5.41) is 7.24. The van der Waals surface area contributed by atoms with E-state index in [9.17, 15) is 8.42 Å². The van der Waals surface area contributed by atoms with Crippen LogP contribution in [0, 0.1) is 17.8 Å². The average Bonchev–Trinajstić information content (AvgIpc) is 2.92. The minimum Gasteiger partial charge on any atom is -0.381 e. The van der Waals surface area contributed by atoms with Crippen LogP contribution in [-0.4, -0.2) is 57.7 Å². The second kappa shape index (κ2) is 10.6. The van der Waals surface area contributed by atoms with Crippen LogP contribution in [0.1, 0.15) is 52.4 Å². The van der Waals surface area contributed by atoms with Crippen molar-refractivity contribution in [1.82, 2.24) is 10.6 Å². The molecule has 0 spiro atoms. The highest BCUT2D eigenvalue weighted by molar-refractivity contribution is 14.0. The lowest BCUT2D eigenvalue weighted by Crippen LogP contribution is -2.50. The maximum absolute atomic E-state index is 11.7. The van der Waals surface area contributed by atoms with Crippen LogP contribution in [-0.2, 0) is 14.6 Å². The van der Waals surface area contributed by atoms with Crippen molar-refractivity contribution in [3.05, 3.63) is 0 Å². The molecule has 2 heterocycles. The lowest BCUT2D eigenvalue weighted by atomic mass is 9.80. The molecule has 1 saturated carbocycles. The number of aliphatic imine (C=N–C) groups is 1. The predicted molar refractivity (Wildman–Crippen MR) is 121 cm³/mol. The second-order valence-corrected chi connectivity index (χ2v) is 11.0. The SMILES string of the molecule is CC1CC(C)CC(NC(=NCC2CCS(=O)(=O)C2)NC2CCOCC2)C1.I. The number of rotatable bonds is 4. The van der Waals surface area contributed by atoms with Gasteiger partial charge in [-0.25, -0.2) is 8.42 Å². The first-order valence-electron chi connectivity index (χ1n) is 10.3. The van der Waals surface area contributed by atoms with E-state index in [1.807, 2.05) is 0 Å². The van der Waals surface area contributed by atoms with E-state index in [2.05, 4.69) is 24.5 Å². The van der Waals surface area contributed by atoms with Gasteiger partial charge in [-0.05, 0) is 56.3 Å². The van der Waals surface area contributed by atoms with Gasteiger partial charge in [-0.3, -0.25) is 4.99 Å². The van der Waals surface area contributed by atoms with E-state index >= 15 is 0 Å². The monoisotopic (exact) mass is 513 g/mol. The molecular formula is C19H36IN3O3S. The van der Waals surface area contributed by atoms with Crippen LogP contribution in [0.25, 0.3) is 0 Å². The maximum Gasteiger partial charge on any atom is 0.191 e. The van der Waals surface area contributed by atoms with Crippen molar-refractivity contribution in [2.45, 2.75) is 64.5 Å². The molecule has 0 amide bonds. The Morgan fingerprint density at radius 2 is 1.63 bits per heavy atom. The van der Waals surface area contributed by atoms with Crippen LogP contribution >= 0.6 is 24.0 Å². The normalized spacial score (nSPS) is 34.7. The van der Waals surface area contributed by atoms with Crippen molar-refractivity contribution in [2.75, 3.05) is 31.3 Å². The van der Waals surface area contributed by atoms with E-state index in [1.54, 1.807) is 0 Å². The molecule has 1 aliphatic carbocycles. The Kier molecular flexibility index (Phi) is 9.12. The number of nitrogens with one attached hydrogen (secondary N) is 2. The van der Waals surface area contributed by atoms with Gasteiger partial charge in [0, 0.05) is 31.8 Å².